The second-order valence-corrected chi connectivity index (χ2v) is 10.5. The summed E-state index contributed by atoms with van der Waals surface area (Å²) in [7, 11) is -4.27. The van der Waals surface area contributed by atoms with Gasteiger partial charge in [-0.3, -0.25) is 24.6 Å². The van der Waals surface area contributed by atoms with Crippen molar-refractivity contribution in [3.8, 4) is 5.75 Å². The molecular formula is C22H31N4O10P. The van der Waals surface area contributed by atoms with Gasteiger partial charge in [-0.15, -0.1) is 0 Å². The van der Waals surface area contributed by atoms with Crippen LogP contribution in [0.15, 0.2) is 47.4 Å². The number of benzene rings is 1. The second-order valence-electron chi connectivity index (χ2n) is 8.85. The van der Waals surface area contributed by atoms with Crippen LogP contribution < -0.4 is 20.8 Å². The zero-order valence-electron chi connectivity index (χ0n) is 20.7. The SMILES string of the molecule is CC(C)OC(=O)[C@H](C)NP(=O)(OC[C@H]1O[C@@H](n2ccc(NO)nc2=O)C(C)(O)[C@H]1O)Oc1ccccc1. The lowest BCUT2D eigenvalue weighted by atomic mass is 9.96. The van der Waals surface area contributed by atoms with E-state index in [1.165, 1.54) is 38.2 Å². The van der Waals surface area contributed by atoms with E-state index in [1.807, 2.05) is 0 Å². The van der Waals surface area contributed by atoms with Gasteiger partial charge in [-0.25, -0.2) is 9.36 Å². The summed E-state index contributed by atoms with van der Waals surface area (Å²) in [6.45, 7) is 5.43. The van der Waals surface area contributed by atoms with Crippen LogP contribution in [0, 0.1) is 0 Å². The minimum atomic E-state index is -4.27. The van der Waals surface area contributed by atoms with E-state index in [1.54, 1.807) is 37.5 Å². The van der Waals surface area contributed by atoms with Gasteiger partial charge in [-0.1, -0.05) is 18.2 Å². The van der Waals surface area contributed by atoms with E-state index in [4.69, 9.17) is 23.7 Å². The Kier molecular flexibility index (Phi) is 9.08. The first-order chi connectivity index (χ1) is 17.4. The summed E-state index contributed by atoms with van der Waals surface area (Å²) in [6, 6.07) is 8.23. The number of hydrogen-bond acceptors (Lipinski definition) is 12. The first-order valence-electron chi connectivity index (χ1n) is 11.4. The number of para-hydroxylation sites is 1. The third kappa shape index (κ3) is 6.93. The van der Waals surface area contributed by atoms with E-state index >= 15 is 0 Å². The fraction of sp³-hybridized carbons (Fsp3) is 0.500. The summed E-state index contributed by atoms with van der Waals surface area (Å²) in [5.74, 6) is -0.645. The fourth-order valence-electron chi connectivity index (χ4n) is 3.54. The largest absolute Gasteiger partial charge is 0.462 e. The summed E-state index contributed by atoms with van der Waals surface area (Å²) in [4.78, 5) is 28.2. The normalized spacial score (nSPS) is 25.9. The molecule has 0 saturated carbocycles. The van der Waals surface area contributed by atoms with Gasteiger partial charge in [-0.05, 0) is 45.9 Å². The second kappa shape index (κ2) is 11.7. The molecule has 0 spiro atoms. The van der Waals surface area contributed by atoms with Gasteiger partial charge in [0.05, 0.1) is 12.7 Å². The maximum atomic E-state index is 13.6. The van der Waals surface area contributed by atoms with Crippen LogP contribution in [-0.2, 0) is 23.4 Å². The molecule has 5 N–H and O–H groups in total. The van der Waals surface area contributed by atoms with Crippen molar-refractivity contribution in [2.75, 3.05) is 12.1 Å². The maximum Gasteiger partial charge on any atom is 0.459 e. The van der Waals surface area contributed by atoms with E-state index in [0.717, 1.165) is 4.57 Å². The van der Waals surface area contributed by atoms with Gasteiger partial charge in [0.2, 0.25) is 0 Å². The predicted molar refractivity (Wildman–Crippen MR) is 129 cm³/mol. The number of nitrogens with one attached hydrogen (secondary N) is 2. The Morgan fingerprint density at radius 2 is 1.95 bits per heavy atom. The fourth-order valence-corrected chi connectivity index (χ4v) is 5.04. The van der Waals surface area contributed by atoms with Crippen molar-refractivity contribution in [2.45, 2.75) is 63.9 Å². The summed E-state index contributed by atoms with van der Waals surface area (Å²) < 4.78 is 36.5. The molecule has 1 aromatic heterocycles. The molecule has 6 atom stereocenters. The van der Waals surface area contributed by atoms with Crippen molar-refractivity contribution in [1.29, 1.82) is 0 Å². The van der Waals surface area contributed by atoms with Crippen LogP contribution in [0.3, 0.4) is 0 Å². The molecule has 0 radical (unpaired) electrons. The zero-order chi connectivity index (χ0) is 27.4. The number of aromatic nitrogens is 2. The van der Waals surface area contributed by atoms with E-state index in [-0.39, 0.29) is 11.6 Å². The molecule has 1 aliphatic rings. The molecule has 1 aromatic carbocycles. The highest BCUT2D eigenvalue weighted by Gasteiger charge is 2.54. The first-order valence-corrected chi connectivity index (χ1v) is 12.9. The van der Waals surface area contributed by atoms with Crippen molar-refractivity contribution in [3.63, 3.8) is 0 Å². The summed E-state index contributed by atoms with van der Waals surface area (Å²) >= 11 is 0. The number of anilines is 1. The Bertz CT molecular complexity index is 1180. The third-order valence-corrected chi connectivity index (χ3v) is 7.03. The molecule has 15 heteroatoms. The number of carbonyl (C=O) groups excluding carboxylic acids is 1. The number of carbonyl (C=O) groups is 1. The predicted octanol–water partition coefficient (Wildman–Crippen LogP) is 1.19. The molecule has 1 aliphatic heterocycles. The van der Waals surface area contributed by atoms with Gasteiger partial charge in [0, 0.05) is 6.20 Å². The highest BCUT2D eigenvalue weighted by atomic mass is 31.2. The molecule has 0 amide bonds. The smallest absolute Gasteiger partial charge is 0.459 e. The van der Waals surface area contributed by atoms with Crippen molar-refractivity contribution < 1.29 is 43.3 Å². The van der Waals surface area contributed by atoms with Gasteiger partial charge in [0.25, 0.3) is 0 Å². The van der Waals surface area contributed by atoms with Gasteiger partial charge >= 0.3 is 19.4 Å². The number of nitrogens with zero attached hydrogens (tertiary/aromatic N) is 2. The van der Waals surface area contributed by atoms with Crippen LogP contribution in [0.25, 0.3) is 0 Å². The number of aliphatic hydroxyl groups is 2. The van der Waals surface area contributed by atoms with Crippen LogP contribution >= 0.6 is 7.75 Å². The molecule has 0 bridgehead atoms. The highest BCUT2D eigenvalue weighted by molar-refractivity contribution is 7.52. The summed E-state index contributed by atoms with van der Waals surface area (Å²) in [5.41, 5.74) is -1.13. The molecule has 1 saturated heterocycles. The lowest BCUT2D eigenvalue weighted by Crippen LogP contribution is -2.46. The third-order valence-electron chi connectivity index (χ3n) is 5.39. The van der Waals surface area contributed by atoms with Crippen molar-refractivity contribution in [3.05, 3.63) is 53.1 Å². The molecule has 1 fully saturated rings. The Balaban J connectivity index is 1.79. The monoisotopic (exact) mass is 542 g/mol. The quantitative estimate of drug-likeness (QED) is 0.155. The van der Waals surface area contributed by atoms with Crippen LogP contribution in [-0.4, -0.2) is 67.5 Å². The highest BCUT2D eigenvalue weighted by Crippen LogP contribution is 2.46. The number of aliphatic hydroxyl groups excluding tert-OH is 1. The minimum Gasteiger partial charge on any atom is -0.462 e. The van der Waals surface area contributed by atoms with E-state index in [9.17, 15) is 24.4 Å². The van der Waals surface area contributed by atoms with Crippen molar-refractivity contribution in [1.82, 2.24) is 14.6 Å². The Morgan fingerprint density at radius 1 is 1.27 bits per heavy atom. The lowest BCUT2D eigenvalue weighted by molar-refractivity contribution is -0.149. The topological polar surface area (TPSA) is 191 Å². The van der Waals surface area contributed by atoms with Gasteiger partial charge in [-0.2, -0.15) is 10.1 Å². The molecule has 2 heterocycles. The van der Waals surface area contributed by atoms with Gasteiger partial charge in [0.15, 0.2) is 12.0 Å². The average molecular weight is 542 g/mol. The Morgan fingerprint density at radius 3 is 2.54 bits per heavy atom. The number of rotatable bonds is 11. The molecule has 14 nitrogen and oxygen atoms in total. The Hall–Kier alpha value is -2.84. The minimum absolute atomic E-state index is 0.130. The van der Waals surface area contributed by atoms with Gasteiger partial charge in [0.1, 0.15) is 29.6 Å². The molecule has 3 rings (SSSR count). The summed E-state index contributed by atoms with van der Waals surface area (Å²) in [6.07, 6.45) is -3.46. The Labute approximate surface area is 212 Å². The molecule has 2 aromatic rings. The van der Waals surface area contributed by atoms with Crippen LogP contribution in [0.4, 0.5) is 5.82 Å². The van der Waals surface area contributed by atoms with Crippen molar-refractivity contribution in [2.24, 2.45) is 0 Å². The molecular weight excluding hydrogens is 511 g/mol. The van der Waals surface area contributed by atoms with E-state index < -0.39 is 62.2 Å². The molecule has 0 aliphatic carbocycles. The number of ether oxygens (including phenoxy) is 2. The average Bonchev–Trinajstić information content (AvgIpc) is 3.06. The zero-order valence-corrected chi connectivity index (χ0v) is 21.6. The van der Waals surface area contributed by atoms with Crippen molar-refractivity contribution >= 4 is 19.5 Å². The lowest BCUT2D eigenvalue weighted by Gasteiger charge is -2.27. The maximum absolute atomic E-state index is 13.6. The molecule has 37 heavy (non-hydrogen) atoms. The van der Waals surface area contributed by atoms with Crippen LogP contribution in [0.2, 0.25) is 0 Å². The van der Waals surface area contributed by atoms with Crippen LogP contribution in [0.5, 0.6) is 5.75 Å². The van der Waals surface area contributed by atoms with E-state index in [0.29, 0.717) is 0 Å². The number of esters is 1. The first kappa shape index (κ1) is 28.7. The van der Waals surface area contributed by atoms with Crippen LogP contribution in [0.1, 0.15) is 33.9 Å². The van der Waals surface area contributed by atoms with E-state index in [2.05, 4.69) is 10.1 Å². The summed E-state index contributed by atoms with van der Waals surface area (Å²) in [5, 5.41) is 33.1. The van der Waals surface area contributed by atoms with Gasteiger partial charge < -0.3 is 24.2 Å². The molecule has 204 valence electrons. The standard InChI is InChI=1S/C22H31N4O10P/c1-13(2)34-19(28)14(3)25-37(32,36-15-8-6-5-7-9-15)33-12-16-18(27)22(4,30)20(35-16)26-11-10-17(24-31)23-21(26)29/h5-11,13-14,16,18,20,27,30-31H,12H2,1-4H3,(H,25,32)(H,23,24,29)/t14-,16+,18-,20+,22?,37?/m0/s1. The number of hydrogen-bond donors (Lipinski definition) is 5. The molecule has 2 unspecified atom stereocenters.